The lowest BCUT2D eigenvalue weighted by molar-refractivity contribution is 0.0442. The van der Waals surface area contributed by atoms with Crippen LogP contribution in [0.2, 0.25) is 0 Å². The normalized spacial score (nSPS) is 17.2. The molecule has 4 rings (SSSR count). The zero-order valence-electron chi connectivity index (χ0n) is 20.6. The first-order valence-corrected chi connectivity index (χ1v) is 11.6. The van der Waals surface area contributed by atoms with Crippen molar-refractivity contribution >= 4 is 12.4 Å². The summed E-state index contributed by atoms with van der Waals surface area (Å²) in [6, 6.07) is 12.0. The number of rotatable bonds is 8. The van der Waals surface area contributed by atoms with Crippen molar-refractivity contribution in [1.82, 2.24) is 9.80 Å². The van der Waals surface area contributed by atoms with Gasteiger partial charge in [0.2, 0.25) is 6.79 Å². The van der Waals surface area contributed by atoms with Crippen molar-refractivity contribution in [1.29, 1.82) is 0 Å². The molecular formula is C26H37ClN2O5. The van der Waals surface area contributed by atoms with Crippen LogP contribution in [0.3, 0.4) is 0 Å². The number of hydrogen-bond donors (Lipinski definition) is 1. The Morgan fingerprint density at radius 1 is 0.971 bits per heavy atom. The van der Waals surface area contributed by atoms with E-state index < -0.39 is 6.10 Å². The maximum atomic E-state index is 10.6. The number of aliphatic hydroxyl groups excluding tert-OH is 1. The molecule has 1 N–H and O–H groups in total. The predicted octanol–water partition coefficient (Wildman–Crippen LogP) is 3.70. The summed E-state index contributed by atoms with van der Waals surface area (Å²) in [6.07, 6.45) is -0.541. The largest absolute Gasteiger partial charge is 0.497 e. The third kappa shape index (κ3) is 6.69. The highest BCUT2D eigenvalue weighted by Crippen LogP contribution is 2.35. The van der Waals surface area contributed by atoms with Crippen molar-refractivity contribution in [3.05, 3.63) is 47.5 Å². The smallest absolute Gasteiger partial charge is 0.231 e. The molecule has 2 aromatic rings. The second-order valence-corrected chi connectivity index (χ2v) is 9.84. The van der Waals surface area contributed by atoms with Crippen molar-refractivity contribution < 1.29 is 24.1 Å². The Morgan fingerprint density at radius 2 is 1.68 bits per heavy atom. The van der Waals surface area contributed by atoms with E-state index in [1.54, 1.807) is 7.11 Å². The zero-order chi connectivity index (χ0) is 23.4. The van der Waals surface area contributed by atoms with Gasteiger partial charge < -0.3 is 24.1 Å². The second kappa shape index (κ2) is 11.5. The highest BCUT2D eigenvalue weighted by Gasteiger charge is 2.23. The number of benzene rings is 2. The Kier molecular flexibility index (Phi) is 8.93. The monoisotopic (exact) mass is 492 g/mol. The molecule has 7 nitrogen and oxygen atoms in total. The molecule has 1 saturated heterocycles. The Bertz CT molecular complexity index is 941. The fourth-order valence-electron chi connectivity index (χ4n) is 4.31. The Labute approximate surface area is 209 Å². The van der Waals surface area contributed by atoms with Gasteiger partial charge >= 0.3 is 0 Å². The van der Waals surface area contributed by atoms with Gasteiger partial charge in [0, 0.05) is 44.8 Å². The molecule has 0 aromatic heterocycles. The maximum Gasteiger partial charge on any atom is 0.231 e. The third-order valence-electron chi connectivity index (χ3n) is 6.20. The highest BCUT2D eigenvalue weighted by atomic mass is 35.5. The van der Waals surface area contributed by atoms with Crippen LogP contribution in [-0.4, -0.2) is 74.2 Å². The molecule has 1 atom stereocenters. The van der Waals surface area contributed by atoms with Crippen LogP contribution in [0.15, 0.2) is 36.4 Å². The molecule has 0 spiro atoms. The van der Waals surface area contributed by atoms with E-state index in [9.17, 15) is 5.11 Å². The van der Waals surface area contributed by atoms with Crippen molar-refractivity contribution in [2.75, 3.05) is 53.2 Å². The molecule has 1 fully saturated rings. The molecule has 34 heavy (non-hydrogen) atoms. The topological polar surface area (TPSA) is 63.6 Å². The van der Waals surface area contributed by atoms with E-state index in [1.807, 2.05) is 24.3 Å². The predicted molar refractivity (Wildman–Crippen MR) is 135 cm³/mol. The molecule has 8 heteroatoms. The molecule has 0 amide bonds. The number of methoxy groups -OCH3 is 1. The fraction of sp³-hybridized carbons (Fsp3) is 0.538. The highest BCUT2D eigenvalue weighted by molar-refractivity contribution is 5.85. The number of ether oxygens (including phenoxy) is 4. The summed E-state index contributed by atoms with van der Waals surface area (Å²) in [5.41, 5.74) is 2.23. The average Bonchev–Trinajstić information content (AvgIpc) is 3.26. The van der Waals surface area contributed by atoms with E-state index in [1.165, 1.54) is 5.56 Å². The molecule has 2 aromatic carbocycles. The van der Waals surface area contributed by atoms with Crippen LogP contribution >= 0.6 is 12.4 Å². The summed E-state index contributed by atoms with van der Waals surface area (Å²) < 4.78 is 22.3. The Hall–Kier alpha value is -2.19. The zero-order valence-corrected chi connectivity index (χ0v) is 21.4. The van der Waals surface area contributed by atoms with Gasteiger partial charge in [-0.05, 0) is 41.3 Å². The average molecular weight is 493 g/mol. The van der Waals surface area contributed by atoms with Gasteiger partial charge in [0.15, 0.2) is 11.5 Å². The van der Waals surface area contributed by atoms with E-state index in [-0.39, 0.29) is 24.4 Å². The van der Waals surface area contributed by atoms with Gasteiger partial charge in [0.1, 0.15) is 24.2 Å². The quantitative estimate of drug-likeness (QED) is 0.602. The van der Waals surface area contributed by atoms with E-state index in [2.05, 4.69) is 42.7 Å². The van der Waals surface area contributed by atoms with Crippen LogP contribution in [0, 0.1) is 0 Å². The van der Waals surface area contributed by atoms with Crippen molar-refractivity contribution in [3.8, 4) is 23.0 Å². The van der Waals surface area contributed by atoms with Crippen molar-refractivity contribution in [3.63, 3.8) is 0 Å². The number of piperazine rings is 1. The summed E-state index contributed by atoms with van der Waals surface area (Å²) in [4.78, 5) is 4.74. The van der Waals surface area contributed by atoms with Crippen LogP contribution in [0.1, 0.15) is 31.9 Å². The number of hydrogen-bond acceptors (Lipinski definition) is 7. The Balaban J connectivity index is 0.00000324. The lowest BCUT2D eigenvalue weighted by atomic mass is 9.86. The van der Waals surface area contributed by atoms with Gasteiger partial charge in [-0.25, -0.2) is 0 Å². The molecule has 2 aliphatic rings. The lowest BCUT2D eigenvalue weighted by Crippen LogP contribution is -2.48. The molecule has 0 radical (unpaired) electrons. The minimum absolute atomic E-state index is 0. The molecule has 0 saturated carbocycles. The number of halogens is 1. The molecule has 2 heterocycles. The van der Waals surface area contributed by atoms with Crippen molar-refractivity contribution in [2.45, 2.75) is 38.8 Å². The van der Waals surface area contributed by atoms with Gasteiger partial charge in [-0.15, -0.1) is 12.4 Å². The minimum Gasteiger partial charge on any atom is -0.497 e. The van der Waals surface area contributed by atoms with Gasteiger partial charge in [0.25, 0.3) is 0 Å². The van der Waals surface area contributed by atoms with Crippen LogP contribution in [0.5, 0.6) is 23.0 Å². The lowest BCUT2D eigenvalue weighted by Gasteiger charge is -2.35. The van der Waals surface area contributed by atoms with E-state index in [0.717, 1.165) is 61.3 Å². The van der Waals surface area contributed by atoms with E-state index in [0.29, 0.717) is 13.3 Å². The summed E-state index contributed by atoms with van der Waals surface area (Å²) in [7, 11) is 1.67. The summed E-state index contributed by atoms with van der Waals surface area (Å²) in [5.74, 6) is 3.27. The van der Waals surface area contributed by atoms with Gasteiger partial charge in [-0.3, -0.25) is 9.80 Å². The molecular weight excluding hydrogens is 456 g/mol. The van der Waals surface area contributed by atoms with Gasteiger partial charge in [0.05, 0.1) is 7.11 Å². The molecule has 188 valence electrons. The van der Waals surface area contributed by atoms with Gasteiger partial charge in [-0.1, -0.05) is 26.8 Å². The van der Waals surface area contributed by atoms with Crippen LogP contribution in [0.25, 0.3) is 0 Å². The Morgan fingerprint density at radius 3 is 2.38 bits per heavy atom. The first-order valence-electron chi connectivity index (χ1n) is 11.6. The van der Waals surface area contributed by atoms with E-state index in [4.69, 9.17) is 18.9 Å². The minimum atomic E-state index is -0.541. The first-order chi connectivity index (χ1) is 15.8. The van der Waals surface area contributed by atoms with Crippen LogP contribution < -0.4 is 18.9 Å². The van der Waals surface area contributed by atoms with Crippen LogP contribution in [-0.2, 0) is 12.0 Å². The molecule has 2 aliphatic heterocycles. The number of fused-ring (bicyclic) bond motifs is 1. The third-order valence-corrected chi connectivity index (χ3v) is 6.20. The standard InChI is InChI=1S/C26H36N2O5.ClH/c1-26(2,3)22-14-21(30-4)6-8-23(22)31-17-20(29)16-28-11-9-27(10-12-28)15-19-5-7-24-25(13-19)33-18-32-24;/h5-8,13-14,20,29H,9-12,15-18H2,1-4H3;1H. The van der Waals surface area contributed by atoms with Crippen molar-refractivity contribution in [2.24, 2.45) is 0 Å². The second-order valence-electron chi connectivity index (χ2n) is 9.84. The summed E-state index contributed by atoms with van der Waals surface area (Å²) in [5, 5.41) is 10.6. The summed E-state index contributed by atoms with van der Waals surface area (Å²) >= 11 is 0. The first kappa shape index (κ1) is 26.4. The number of nitrogens with zero attached hydrogens (tertiary/aromatic N) is 2. The van der Waals surface area contributed by atoms with E-state index >= 15 is 0 Å². The molecule has 0 aliphatic carbocycles. The SMILES string of the molecule is COc1ccc(OCC(O)CN2CCN(Cc3ccc4c(c3)OCO4)CC2)c(C(C)(C)C)c1.Cl. The van der Waals surface area contributed by atoms with Crippen LogP contribution in [0.4, 0.5) is 0 Å². The number of β-amino-alcohol motifs (C(OH)–C–C–N with tert-alkyl or cyclic N) is 1. The maximum absolute atomic E-state index is 10.6. The molecule has 1 unspecified atom stereocenters. The molecule has 0 bridgehead atoms. The van der Waals surface area contributed by atoms with Gasteiger partial charge in [-0.2, -0.15) is 0 Å². The summed E-state index contributed by atoms with van der Waals surface area (Å²) in [6.45, 7) is 12.3. The number of aliphatic hydroxyl groups is 1. The fourth-order valence-corrected chi connectivity index (χ4v) is 4.31.